The average Bonchev–Trinajstić information content (AvgIpc) is 2.98. The highest BCUT2D eigenvalue weighted by Crippen LogP contribution is 2.19. The molecule has 4 rings (SSSR count). The van der Waals surface area contributed by atoms with Crippen LogP contribution in [0.5, 0.6) is 0 Å². The molecule has 26 heavy (non-hydrogen) atoms. The number of rotatable bonds is 2. The van der Waals surface area contributed by atoms with Crippen LogP contribution in [-0.2, 0) is 4.74 Å². The van der Waals surface area contributed by atoms with Crippen LogP contribution in [0.3, 0.4) is 0 Å². The van der Waals surface area contributed by atoms with E-state index in [0.29, 0.717) is 27.8 Å². The summed E-state index contributed by atoms with van der Waals surface area (Å²) in [5.41, 5.74) is 3.45. The van der Waals surface area contributed by atoms with Crippen LogP contribution >= 0.6 is 0 Å². The van der Waals surface area contributed by atoms with Gasteiger partial charge in [0.1, 0.15) is 5.56 Å². The molecule has 0 unspecified atom stereocenters. The minimum Gasteiger partial charge on any atom is -0.465 e. The van der Waals surface area contributed by atoms with Crippen molar-refractivity contribution in [2.75, 3.05) is 7.11 Å². The fourth-order valence-corrected chi connectivity index (χ4v) is 3.03. The van der Waals surface area contributed by atoms with E-state index in [2.05, 4.69) is 10.1 Å². The zero-order chi connectivity index (χ0) is 18.4. The molecule has 0 spiro atoms. The number of benzene rings is 1. The van der Waals surface area contributed by atoms with E-state index in [1.807, 2.05) is 31.2 Å². The van der Waals surface area contributed by atoms with Gasteiger partial charge in [0.25, 0.3) is 5.56 Å². The number of esters is 1. The number of fused-ring (bicyclic) bond motifs is 3. The first-order chi connectivity index (χ1) is 12.5. The van der Waals surface area contributed by atoms with Gasteiger partial charge in [0.2, 0.25) is 0 Å². The van der Waals surface area contributed by atoms with Gasteiger partial charge in [-0.1, -0.05) is 17.7 Å². The molecule has 0 saturated carbocycles. The quantitative estimate of drug-likeness (QED) is 0.520. The van der Waals surface area contributed by atoms with E-state index in [4.69, 9.17) is 4.74 Å². The molecular formula is C19H16N4O3. The number of aromatic nitrogens is 4. The zero-order valence-corrected chi connectivity index (χ0v) is 14.6. The summed E-state index contributed by atoms with van der Waals surface area (Å²) < 4.78 is 7.88. The molecule has 4 aromatic rings. The van der Waals surface area contributed by atoms with Crippen LogP contribution in [0.2, 0.25) is 0 Å². The Bertz CT molecular complexity index is 1220. The summed E-state index contributed by atoms with van der Waals surface area (Å²) in [5.74, 6) is -0.502. The molecule has 0 saturated heterocycles. The number of carbonyl (C=O) groups is 1. The van der Waals surface area contributed by atoms with Crippen molar-refractivity contribution >= 4 is 22.5 Å². The van der Waals surface area contributed by atoms with Gasteiger partial charge in [-0.25, -0.2) is 14.3 Å². The summed E-state index contributed by atoms with van der Waals surface area (Å²) in [6.45, 7) is 3.70. The minimum absolute atomic E-state index is 0.200. The molecule has 0 aliphatic rings. The highest BCUT2D eigenvalue weighted by Gasteiger charge is 2.20. The topological polar surface area (TPSA) is 78.5 Å². The van der Waals surface area contributed by atoms with Crippen LogP contribution in [0.25, 0.3) is 22.2 Å². The molecule has 130 valence electrons. The van der Waals surface area contributed by atoms with Crippen molar-refractivity contribution in [3.63, 3.8) is 0 Å². The summed E-state index contributed by atoms with van der Waals surface area (Å²) in [5, 5.41) is 4.79. The Morgan fingerprint density at radius 3 is 2.54 bits per heavy atom. The van der Waals surface area contributed by atoms with Crippen molar-refractivity contribution in [1.29, 1.82) is 0 Å². The van der Waals surface area contributed by atoms with Crippen LogP contribution in [0.1, 0.15) is 21.6 Å². The number of aryl methyl sites for hydroxylation is 2. The van der Waals surface area contributed by atoms with Crippen molar-refractivity contribution in [1.82, 2.24) is 19.2 Å². The van der Waals surface area contributed by atoms with Gasteiger partial charge < -0.3 is 4.74 Å². The third-order valence-corrected chi connectivity index (χ3v) is 4.39. The third-order valence-electron chi connectivity index (χ3n) is 4.39. The molecule has 7 heteroatoms. The summed E-state index contributed by atoms with van der Waals surface area (Å²) in [6.07, 6.45) is 3.18. The molecule has 7 nitrogen and oxygen atoms in total. The smallest absolute Gasteiger partial charge is 0.343 e. The maximum atomic E-state index is 12.9. The van der Waals surface area contributed by atoms with Crippen LogP contribution in [0.15, 0.2) is 47.5 Å². The third kappa shape index (κ3) is 2.28. The van der Waals surface area contributed by atoms with Gasteiger partial charge in [-0.2, -0.15) is 5.10 Å². The van der Waals surface area contributed by atoms with Crippen molar-refractivity contribution in [3.05, 3.63) is 69.9 Å². The lowest BCUT2D eigenvalue weighted by atomic mass is 10.2. The lowest BCUT2D eigenvalue weighted by Gasteiger charge is -2.08. The second-order valence-electron chi connectivity index (χ2n) is 6.07. The number of ether oxygens (including phenoxy) is 1. The van der Waals surface area contributed by atoms with Gasteiger partial charge in [-0.05, 0) is 32.0 Å². The number of methoxy groups -OCH3 is 1. The normalized spacial score (nSPS) is 11.2. The Labute approximate surface area is 148 Å². The van der Waals surface area contributed by atoms with E-state index in [1.165, 1.54) is 17.8 Å². The summed E-state index contributed by atoms with van der Waals surface area (Å²) in [6, 6.07) is 9.47. The molecule has 0 aliphatic heterocycles. The molecule has 0 fully saturated rings. The highest BCUT2D eigenvalue weighted by molar-refractivity contribution is 5.98. The number of pyridine rings is 1. The summed E-state index contributed by atoms with van der Waals surface area (Å²) in [7, 11) is 1.31. The number of hydrogen-bond donors (Lipinski definition) is 0. The summed E-state index contributed by atoms with van der Waals surface area (Å²) >= 11 is 0. The van der Waals surface area contributed by atoms with E-state index in [0.717, 1.165) is 11.3 Å². The largest absolute Gasteiger partial charge is 0.465 e. The first-order valence-corrected chi connectivity index (χ1v) is 8.06. The zero-order valence-electron chi connectivity index (χ0n) is 14.6. The molecule has 1 aromatic carbocycles. The minimum atomic E-state index is -0.502. The van der Waals surface area contributed by atoms with Gasteiger partial charge in [-0.3, -0.25) is 9.36 Å². The fourth-order valence-electron chi connectivity index (χ4n) is 3.03. The van der Waals surface area contributed by atoms with Crippen molar-refractivity contribution in [3.8, 4) is 5.69 Å². The van der Waals surface area contributed by atoms with E-state index in [1.54, 1.807) is 23.8 Å². The van der Waals surface area contributed by atoms with Crippen LogP contribution in [-0.4, -0.2) is 32.2 Å². The second kappa shape index (κ2) is 5.80. The number of carbonyl (C=O) groups excluding carboxylic acids is 1. The summed E-state index contributed by atoms with van der Waals surface area (Å²) in [4.78, 5) is 29.2. The fraction of sp³-hybridized carbons (Fsp3) is 0.158. The van der Waals surface area contributed by atoms with Crippen molar-refractivity contribution in [2.24, 2.45) is 0 Å². The lowest BCUT2D eigenvalue weighted by molar-refractivity contribution is 0.0602. The Balaban J connectivity index is 2.00. The predicted molar refractivity (Wildman–Crippen MR) is 96.9 cm³/mol. The number of nitrogens with zero attached hydrogens (tertiary/aromatic N) is 4. The van der Waals surface area contributed by atoms with E-state index >= 15 is 0 Å². The monoisotopic (exact) mass is 348 g/mol. The first-order valence-electron chi connectivity index (χ1n) is 8.06. The Morgan fingerprint density at radius 2 is 1.85 bits per heavy atom. The SMILES string of the molecule is COC(=O)c1c(C)nn2c1ncc1c(=O)n(-c3ccc(C)cc3)ccc12. The highest BCUT2D eigenvalue weighted by atomic mass is 16.5. The first kappa shape index (κ1) is 16.0. The number of hydrogen-bond acceptors (Lipinski definition) is 5. The van der Waals surface area contributed by atoms with Crippen LogP contribution in [0, 0.1) is 13.8 Å². The molecule has 0 bridgehead atoms. The lowest BCUT2D eigenvalue weighted by Crippen LogP contribution is -2.18. The molecule has 3 aromatic heterocycles. The van der Waals surface area contributed by atoms with Gasteiger partial charge in [0.15, 0.2) is 5.65 Å². The standard InChI is InChI=1S/C19H16N4O3/c1-11-4-6-13(7-5-11)22-9-8-15-14(18(22)24)10-20-17-16(19(25)26-3)12(2)21-23(15)17/h4-10H,1-3H3. The van der Waals surface area contributed by atoms with Gasteiger partial charge in [0.05, 0.1) is 23.7 Å². The maximum absolute atomic E-state index is 12.9. The molecule has 0 amide bonds. The molecular weight excluding hydrogens is 332 g/mol. The average molecular weight is 348 g/mol. The molecule has 0 atom stereocenters. The Hall–Kier alpha value is -3.48. The Kier molecular flexibility index (Phi) is 3.57. The van der Waals surface area contributed by atoms with Gasteiger partial charge in [0, 0.05) is 18.1 Å². The molecule has 0 N–H and O–H groups in total. The van der Waals surface area contributed by atoms with Gasteiger partial charge >= 0.3 is 5.97 Å². The van der Waals surface area contributed by atoms with E-state index < -0.39 is 5.97 Å². The second-order valence-corrected chi connectivity index (χ2v) is 6.07. The molecule has 0 radical (unpaired) electrons. The van der Waals surface area contributed by atoms with Crippen molar-refractivity contribution < 1.29 is 9.53 Å². The van der Waals surface area contributed by atoms with E-state index in [-0.39, 0.29) is 5.56 Å². The predicted octanol–water partition coefficient (Wildman–Crippen LogP) is 2.44. The van der Waals surface area contributed by atoms with Gasteiger partial charge in [-0.15, -0.1) is 0 Å². The maximum Gasteiger partial charge on any atom is 0.343 e. The van der Waals surface area contributed by atoms with Crippen LogP contribution in [0.4, 0.5) is 0 Å². The van der Waals surface area contributed by atoms with Crippen molar-refractivity contribution in [2.45, 2.75) is 13.8 Å². The Morgan fingerprint density at radius 1 is 1.12 bits per heavy atom. The molecule has 3 heterocycles. The molecule has 0 aliphatic carbocycles. The van der Waals surface area contributed by atoms with Crippen LogP contribution < -0.4 is 5.56 Å². The van der Waals surface area contributed by atoms with E-state index in [9.17, 15) is 9.59 Å².